The van der Waals surface area contributed by atoms with E-state index in [1.807, 2.05) is 25.1 Å². The molecule has 2 aromatic carbocycles. The van der Waals surface area contributed by atoms with Crippen LogP contribution in [0.1, 0.15) is 27.4 Å². The zero-order valence-electron chi connectivity index (χ0n) is 21.2. The molecule has 4 rings (SSSR count). The van der Waals surface area contributed by atoms with Crippen molar-refractivity contribution in [3.8, 4) is 11.5 Å². The highest BCUT2D eigenvalue weighted by Gasteiger charge is 2.34. The zero-order valence-corrected chi connectivity index (χ0v) is 22.8. The molecule has 0 bridgehead atoms. The molecule has 1 aromatic heterocycles. The second kappa shape index (κ2) is 11.9. The van der Waals surface area contributed by atoms with Crippen molar-refractivity contribution in [3.05, 3.63) is 81.3 Å². The number of carbonyl (C=O) groups is 4. The minimum Gasteiger partial charge on any atom is -0.493 e. The number of hydrogen-bond donors (Lipinski definition) is 2. The second-order valence-electron chi connectivity index (χ2n) is 8.31. The molecule has 0 atom stereocenters. The van der Waals surface area contributed by atoms with Crippen molar-refractivity contribution >= 4 is 51.5 Å². The summed E-state index contributed by atoms with van der Waals surface area (Å²) in [5.41, 5.74) is 2.15. The molecule has 39 heavy (non-hydrogen) atoms. The lowest BCUT2D eigenvalue weighted by Gasteiger charge is -2.13. The molecule has 0 radical (unpaired) electrons. The first-order valence-electron chi connectivity index (χ1n) is 11.6. The van der Waals surface area contributed by atoms with Gasteiger partial charge in [-0.2, -0.15) is 0 Å². The van der Waals surface area contributed by atoms with E-state index < -0.39 is 17.9 Å². The number of methoxy groups -OCH3 is 2. The molecule has 0 saturated carbocycles. The molecule has 11 nitrogen and oxygen atoms in total. The molecular weight excluding hydrogens is 574 g/mol. The number of halogens is 1. The molecule has 1 aliphatic rings. The molecular formula is C27H24BrN3O8. The number of aryl methyl sites for hydroxylation is 1. The van der Waals surface area contributed by atoms with Crippen LogP contribution in [-0.2, 0) is 20.9 Å². The van der Waals surface area contributed by atoms with Crippen LogP contribution in [0.25, 0.3) is 6.08 Å². The molecule has 1 saturated heterocycles. The minimum atomic E-state index is -0.669. The Morgan fingerprint density at radius 1 is 1.10 bits per heavy atom. The Balaban J connectivity index is 1.46. The van der Waals surface area contributed by atoms with Gasteiger partial charge in [0.1, 0.15) is 11.5 Å². The highest BCUT2D eigenvalue weighted by atomic mass is 79.9. The predicted octanol–water partition coefficient (Wildman–Crippen LogP) is 4.26. The first-order chi connectivity index (χ1) is 18.7. The third kappa shape index (κ3) is 6.29. The second-order valence-corrected chi connectivity index (χ2v) is 9.17. The quantitative estimate of drug-likeness (QED) is 0.212. The van der Waals surface area contributed by atoms with Gasteiger partial charge in [-0.1, -0.05) is 34.1 Å². The Labute approximate surface area is 231 Å². The number of benzene rings is 2. The van der Waals surface area contributed by atoms with Crippen molar-refractivity contribution in [2.24, 2.45) is 0 Å². The van der Waals surface area contributed by atoms with E-state index in [0.717, 1.165) is 10.5 Å². The normalized spacial score (nSPS) is 13.8. The summed E-state index contributed by atoms with van der Waals surface area (Å²) in [6.45, 7) is 1.45. The SMILES string of the molecule is COC(=O)c1ccc(CN2C(=O)N/C(=C\c3cc(OC)c(OCC(=O)Nc4ccccc4C)cc3Br)C2=O)o1. The van der Waals surface area contributed by atoms with Crippen molar-refractivity contribution in [3.63, 3.8) is 0 Å². The third-order valence-electron chi connectivity index (χ3n) is 5.69. The molecule has 1 aliphatic heterocycles. The number of nitrogens with zero attached hydrogens (tertiary/aromatic N) is 1. The van der Waals surface area contributed by atoms with Gasteiger partial charge in [-0.05, 0) is 54.5 Å². The summed E-state index contributed by atoms with van der Waals surface area (Å²) in [4.78, 5) is 50.3. The molecule has 12 heteroatoms. The van der Waals surface area contributed by atoms with Crippen LogP contribution >= 0.6 is 15.9 Å². The average molecular weight is 598 g/mol. The molecule has 0 spiro atoms. The van der Waals surface area contributed by atoms with Crippen LogP contribution in [0.4, 0.5) is 10.5 Å². The smallest absolute Gasteiger partial charge is 0.373 e. The van der Waals surface area contributed by atoms with Gasteiger partial charge in [0.2, 0.25) is 5.76 Å². The summed E-state index contributed by atoms with van der Waals surface area (Å²) in [5.74, 6) is -0.796. The lowest BCUT2D eigenvalue weighted by Crippen LogP contribution is -2.30. The molecule has 2 heterocycles. The topological polar surface area (TPSA) is 136 Å². The van der Waals surface area contributed by atoms with E-state index in [0.29, 0.717) is 27.2 Å². The van der Waals surface area contributed by atoms with Gasteiger partial charge in [0, 0.05) is 10.2 Å². The first kappa shape index (κ1) is 27.5. The zero-order chi connectivity index (χ0) is 28.1. The van der Waals surface area contributed by atoms with Crippen LogP contribution in [0, 0.1) is 6.92 Å². The molecule has 202 valence electrons. The van der Waals surface area contributed by atoms with Gasteiger partial charge in [-0.15, -0.1) is 0 Å². The Bertz CT molecular complexity index is 1480. The van der Waals surface area contributed by atoms with Crippen molar-refractivity contribution < 1.29 is 37.8 Å². The van der Waals surface area contributed by atoms with Crippen LogP contribution in [0.2, 0.25) is 0 Å². The van der Waals surface area contributed by atoms with Crippen molar-refractivity contribution in [1.29, 1.82) is 0 Å². The summed E-state index contributed by atoms with van der Waals surface area (Å²) in [6, 6.07) is 12.8. The van der Waals surface area contributed by atoms with E-state index in [4.69, 9.17) is 13.9 Å². The fraction of sp³-hybridized carbons (Fsp3) is 0.185. The lowest BCUT2D eigenvalue weighted by atomic mass is 10.1. The number of esters is 1. The van der Waals surface area contributed by atoms with Crippen LogP contribution in [0.5, 0.6) is 11.5 Å². The number of furan rings is 1. The summed E-state index contributed by atoms with van der Waals surface area (Å²) in [5, 5.41) is 5.32. The van der Waals surface area contributed by atoms with Gasteiger partial charge >= 0.3 is 12.0 Å². The van der Waals surface area contributed by atoms with E-state index in [1.54, 1.807) is 18.2 Å². The summed E-state index contributed by atoms with van der Waals surface area (Å²) < 4.78 is 21.6. The highest BCUT2D eigenvalue weighted by Crippen LogP contribution is 2.35. The number of hydrogen-bond acceptors (Lipinski definition) is 8. The highest BCUT2D eigenvalue weighted by molar-refractivity contribution is 9.10. The minimum absolute atomic E-state index is 0.0220. The van der Waals surface area contributed by atoms with E-state index in [2.05, 4.69) is 31.3 Å². The number of amides is 4. The molecule has 0 aliphatic carbocycles. The molecule has 0 unspecified atom stereocenters. The maximum absolute atomic E-state index is 12.9. The Morgan fingerprint density at radius 3 is 2.59 bits per heavy atom. The molecule has 3 aromatic rings. The number of anilines is 1. The van der Waals surface area contributed by atoms with E-state index in [-0.39, 0.29) is 36.3 Å². The number of nitrogens with one attached hydrogen (secondary N) is 2. The number of rotatable bonds is 9. The van der Waals surface area contributed by atoms with Crippen molar-refractivity contribution in [1.82, 2.24) is 10.2 Å². The first-order valence-corrected chi connectivity index (χ1v) is 12.4. The predicted molar refractivity (Wildman–Crippen MR) is 143 cm³/mol. The monoisotopic (exact) mass is 597 g/mol. The summed E-state index contributed by atoms with van der Waals surface area (Å²) in [6.07, 6.45) is 1.48. The van der Waals surface area contributed by atoms with Crippen LogP contribution in [0.3, 0.4) is 0 Å². The van der Waals surface area contributed by atoms with E-state index in [9.17, 15) is 19.2 Å². The number of urea groups is 1. The standard InChI is InChI=1S/C27H24BrN3O8/c1-15-6-4-5-7-19(15)29-24(32)14-38-23-12-18(28)16(11-22(23)36-2)10-20-25(33)31(27(35)30-20)13-17-8-9-21(39-17)26(34)37-3/h4-12H,13-14H2,1-3H3,(H,29,32)(H,30,35)/b20-10-. The lowest BCUT2D eigenvalue weighted by molar-refractivity contribution is -0.123. The fourth-order valence-electron chi connectivity index (χ4n) is 3.68. The van der Waals surface area contributed by atoms with Gasteiger partial charge in [-0.25, -0.2) is 9.59 Å². The largest absolute Gasteiger partial charge is 0.493 e. The molecule has 1 fully saturated rings. The van der Waals surface area contributed by atoms with Crippen molar-refractivity contribution in [2.75, 3.05) is 26.1 Å². The summed E-state index contributed by atoms with van der Waals surface area (Å²) >= 11 is 3.44. The Morgan fingerprint density at radius 2 is 1.87 bits per heavy atom. The van der Waals surface area contributed by atoms with E-state index in [1.165, 1.54) is 32.4 Å². The maximum Gasteiger partial charge on any atom is 0.373 e. The molecule has 4 amide bonds. The number of carbonyl (C=O) groups excluding carboxylic acids is 4. The van der Waals surface area contributed by atoms with E-state index >= 15 is 0 Å². The third-order valence-corrected chi connectivity index (χ3v) is 6.37. The Hall–Kier alpha value is -4.58. The maximum atomic E-state index is 12.9. The number of ether oxygens (including phenoxy) is 3. The van der Waals surface area contributed by atoms with Crippen LogP contribution < -0.4 is 20.1 Å². The number of para-hydroxylation sites is 1. The summed E-state index contributed by atoms with van der Waals surface area (Å²) in [7, 11) is 2.66. The molecule has 2 N–H and O–H groups in total. The van der Waals surface area contributed by atoms with Gasteiger partial charge in [0.25, 0.3) is 11.8 Å². The van der Waals surface area contributed by atoms with Crippen LogP contribution in [-0.4, -0.2) is 49.5 Å². The average Bonchev–Trinajstić information content (AvgIpc) is 3.50. The fourth-order valence-corrected chi connectivity index (χ4v) is 4.11. The number of imide groups is 1. The Kier molecular flexibility index (Phi) is 8.35. The van der Waals surface area contributed by atoms with Gasteiger partial charge in [0.15, 0.2) is 18.1 Å². The van der Waals surface area contributed by atoms with Crippen LogP contribution in [0.15, 0.2) is 63.1 Å². The van der Waals surface area contributed by atoms with Gasteiger partial charge in [-0.3, -0.25) is 14.5 Å². The van der Waals surface area contributed by atoms with Gasteiger partial charge in [0.05, 0.1) is 20.8 Å². The van der Waals surface area contributed by atoms with Crippen molar-refractivity contribution in [2.45, 2.75) is 13.5 Å². The van der Waals surface area contributed by atoms with Gasteiger partial charge < -0.3 is 29.3 Å².